The third kappa shape index (κ3) is 2.91. The topological polar surface area (TPSA) is 92.9 Å². The average molecular weight is 432 g/mol. The number of benzene rings is 2. The zero-order chi connectivity index (χ0) is 22.6. The molecule has 4 aromatic rings. The molecule has 3 heterocycles. The van der Waals surface area contributed by atoms with Gasteiger partial charge in [0.1, 0.15) is 17.2 Å². The number of fused-ring (bicyclic) bond motifs is 2. The summed E-state index contributed by atoms with van der Waals surface area (Å²) in [6.45, 7) is 1.86. The van der Waals surface area contributed by atoms with E-state index in [-0.39, 0.29) is 33.8 Å². The van der Waals surface area contributed by atoms with Crippen molar-refractivity contribution in [3.8, 4) is 11.5 Å². The number of carbonyl (C=O) groups excluding carboxylic acids is 1. The number of pyridine rings is 1. The minimum atomic E-state index is -0.912. The monoisotopic (exact) mass is 432 g/mol. The summed E-state index contributed by atoms with van der Waals surface area (Å²) < 4.78 is 24.9. The van der Waals surface area contributed by atoms with E-state index in [1.165, 1.54) is 30.2 Å². The fourth-order valence-electron chi connectivity index (χ4n) is 4.01. The summed E-state index contributed by atoms with van der Waals surface area (Å²) in [5, 5.41) is 10.1. The number of hydrogen-bond donors (Lipinski definition) is 1. The quantitative estimate of drug-likeness (QED) is 0.524. The first kappa shape index (κ1) is 19.7. The standard InChI is InChI=1S/C24H17FN2O5/c1-12-7-8-26-19(9-12)27-21(13-3-5-16(28)18(10-13)31-2)20-22(29)15-11-14(25)4-6-17(15)32-23(20)24(27)30/h3-11,21,28H,1-2H3. The highest BCUT2D eigenvalue weighted by atomic mass is 19.1. The van der Waals surface area contributed by atoms with Crippen LogP contribution in [0.1, 0.15) is 33.3 Å². The second-order valence-electron chi connectivity index (χ2n) is 7.51. The molecule has 2 aromatic heterocycles. The molecule has 0 saturated carbocycles. The van der Waals surface area contributed by atoms with Crippen LogP contribution >= 0.6 is 0 Å². The number of ether oxygens (including phenoxy) is 1. The smallest absolute Gasteiger partial charge is 0.296 e. The van der Waals surface area contributed by atoms with Gasteiger partial charge in [-0.25, -0.2) is 9.37 Å². The highest BCUT2D eigenvalue weighted by Gasteiger charge is 2.44. The number of aryl methyl sites for hydroxylation is 1. The first-order valence-corrected chi connectivity index (χ1v) is 9.78. The van der Waals surface area contributed by atoms with Crippen molar-refractivity contribution in [2.45, 2.75) is 13.0 Å². The Kier molecular flexibility index (Phi) is 4.44. The zero-order valence-corrected chi connectivity index (χ0v) is 17.1. The van der Waals surface area contributed by atoms with E-state index < -0.39 is 23.2 Å². The molecule has 0 bridgehead atoms. The van der Waals surface area contributed by atoms with Crippen molar-refractivity contribution in [3.05, 3.63) is 93.2 Å². The largest absolute Gasteiger partial charge is 0.504 e. The van der Waals surface area contributed by atoms with E-state index in [0.29, 0.717) is 11.4 Å². The van der Waals surface area contributed by atoms with Crippen LogP contribution in [0, 0.1) is 12.7 Å². The molecule has 0 spiro atoms. The van der Waals surface area contributed by atoms with Gasteiger partial charge in [-0.1, -0.05) is 6.07 Å². The van der Waals surface area contributed by atoms with Gasteiger partial charge in [-0.2, -0.15) is 0 Å². The molecule has 7 nitrogen and oxygen atoms in total. The molecule has 0 saturated heterocycles. The Labute approximate surface area is 181 Å². The van der Waals surface area contributed by atoms with Gasteiger partial charge in [0.15, 0.2) is 16.9 Å². The number of nitrogens with zero attached hydrogens (tertiary/aromatic N) is 2. The van der Waals surface area contributed by atoms with E-state index >= 15 is 0 Å². The zero-order valence-electron chi connectivity index (χ0n) is 17.1. The molecule has 32 heavy (non-hydrogen) atoms. The van der Waals surface area contributed by atoms with Crippen LogP contribution in [0.5, 0.6) is 11.5 Å². The average Bonchev–Trinajstić information content (AvgIpc) is 3.07. The Morgan fingerprint density at radius 1 is 1.12 bits per heavy atom. The normalized spacial score (nSPS) is 15.3. The second kappa shape index (κ2) is 7.19. The molecular formula is C24H17FN2O5. The number of amides is 1. The van der Waals surface area contributed by atoms with Gasteiger partial charge < -0.3 is 14.3 Å². The number of aromatic hydroxyl groups is 1. The molecule has 5 rings (SSSR count). The van der Waals surface area contributed by atoms with E-state index in [2.05, 4.69) is 4.98 Å². The Balaban J connectivity index is 1.83. The molecule has 0 radical (unpaired) electrons. The van der Waals surface area contributed by atoms with Crippen LogP contribution in [0.25, 0.3) is 11.0 Å². The molecule has 0 fully saturated rings. The lowest BCUT2D eigenvalue weighted by Crippen LogP contribution is -2.30. The Morgan fingerprint density at radius 2 is 1.94 bits per heavy atom. The van der Waals surface area contributed by atoms with Crippen molar-refractivity contribution in [2.75, 3.05) is 12.0 Å². The highest BCUT2D eigenvalue weighted by molar-refractivity contribution is 6.10. The number of hydrogen-bond acceptors (Lipinski definition) is 6. The van der Waals surface area contributed by atoms with Crippen LogP contribution < -0.4 is 15.1 Å². The first-order valence-electron chi connectivity index (χ1n) is 9.78. The summed E-state index contributed by atoms with van der Waals surface area (Å²) >= 11 is 0. The third-order valence-corrected chi connectivity index (χ3v) is 5.50. The number of phenolic OH excluding ortho intramolecular Hbond substituents is 1. The highest BCUT2D eigenvalue weighted by Crippen LogP contribution is 2.42. The molecule has 1 amide bonds. The van der Waals surface area contributed by atoms with Gasteiger partial charge in [0.25, 0.3) is 5.91 Å². The van der Waals surface area contributed by atoms with Gasteiger partial charge >= 0.3 is 0 Å². The molecule has 8 heteroatoms. The van der Waals surface area contributed by atoms with E-state index in [1.54, 1.807) is 30.5 Å². The van der Waals surface area contributed by atoms with Crippen LogP contribution in [0.15, 0.2) is 63.9 Å². The Bertz CT molecular complexity index is 1460. The second-order valence-corrected chi connectivity index (χ2v) is 7.51. The van der Waals surface area contributed by atoms with Crippen LogP contribution in [-0.4, -0.2) is 23.1 Å². The predicted octanol–water partition coefficient (Wildman–Crippen LogP) is 4.10. The van der Waals surface area contributed by atoms with Crippen LogP contribution in [0.3, 0.4) is 0 Å². The van der Waals surface area contributed by atoms with Gasteiger partial charge in [-0.3, -0.25) is 14.5 Å². The number of carbonyl (C=O) groups is 1. The van der Waals surface area contributed by atoms with E-state index in [0.717, 1.165) is 11.6 Å². The molecule has 0 aliphatic carbocycles. The number of aromatic nitrogens is 1. The summed E-state index contributed by atoms with van der Waals surface area (Å²) in [7, 11) is 1.40. The molecule has 1 atom stereocenters. The maximum absolute atomic E-state index is 13.9. The van der Waals surface area contributed by atoms with Crippen LogP contribution in [-0.2, 0) is 0 Å². The van der Waals surface area contributed by atoms with Crippen LogP contribution in [0.4, 0.5) is 10.2 Å². The maximum Gasteiger partial charge on any atom is 0.296 e. The fraction of sp³-hybridized carbons (Fsp3) is 0.125. The van der Waals surface area contributed by atoms with Gasteiger partial charge in [-0.05, 0) is 60.5 Å². The van der Waals surface area contributed by atoms with Gasteiger partial charge in [-0.15, -0.1) is 0 Å². The fourth-order valence-corrected chi connectivity index (χ4v) is 4.01. The van der Waals surface area contributed by atoms with Crippen molar-refractivity contribution in [1.82, 2.24) is 4.98 Å². The number of rotatable bonds is 3. The predicted molar refractivity (Wildman–Crippen MR) is 115 cm³/mol. The summed E-state index contributed by atoms with van der Waals surface area (Å²) in [6, 6.07) is 10.7. The lowest BCUT2D eigenvalue weighted by molar-refractivity contribution is 0.0970. The van der Waals surface area contributed by atoms with Crippen molar-refractivity contribution in [2.24, 2.45) is 0 Å². The SMILES string of the molecule is COc1cc(C2c3c(oc4ccc(F)cc4c3=O)C(=O)N2c2cc(C)ccn2)ccc1O. The van der Waals surface area contributed by atoms with Crippen molar-refractivity contribution >= 4 is 22.7 Å². The minimum Gasteiger partial charge on any atom is -0.504 e. The van der Waals surface area contributed by atoms with Crippen molar-refractivity contribution < 1.29 is 23.4 Å². The minimum absolute atomic E-state index is 0.0337. The summed E-state index contributed by atoms with van der Waals surface area (Å²) in [5.41, 5.74) is 1.04. The van der Waals surface area contributed by atoms with Gasteiger partial charge in [0.2, 0.25) is 5.76 Å². The maximum atomic E-state index is 13.9. The van der Waals surface area contributed by atoms with Gasteiger partial charge in [0.05, 0.1) is 24.1 Å². The van der Waals surface area contributed by atoms with Crippen molar-refractivity contribution in [1.29, 1.82) is 0 Å². The molecule has 1 N–H and O–H groups in total. The summed E-state index contributed by atoms with van der Waals surface area (Å²) in [5.74, 6) is -0.847. The van der Waals surface area contributed by atoms with Crippen molar-refractivity contribution in [3.63, 3.8) is 0 Å². The Morgan fingerprint density at radius 3 is 2.69 bits per heavy atom. The molecule has 2 aromatic carbocycles. The molecular weight excluding hydrogens is 415 g/mol. The van der Waals surface area contributed by atoms with Crippen LogP contribution in [0.2, 0.25) is 0 Å². The number of anilines is 1. The Hall–Kier alpha value is -4.20. The molecule has 1 aliphatic heterocycles. The number of phenols is 1. The number of methoxy groups -OCH3 is 1. The van der Waals surface area contributed by atoms with E-state index in [4.69, 9.17) is 9.15 Å². The lowest BCUT2D eigenvalue weighted by atomic mass is 9.98. The van der Waals surface area contributed by atoms with Gasteiger partial charge in [0, 0.05) is 6.20 Å². The third-order valence-electron chi connectivity index (χ3n) is 5.50. The van der Waals surface area contributed by atoms with E-state index in [9.17, 15) is 19.1 Å². The summed E-state index contributed by atoms with van der Waals surface area (Å²) in [6.07, 6.45) is 1.57. The summed E-state index contributed by atoms with van der Waals surface area (Å²) in [4.78, 5) is 32.6. The molecule has 1 unspecified atom stereocenters. The first-order chi connectivity index (χ1) is 15.4. The number of halogens is 1. The van der Waals surface area contributed by atoms with E-state index in [1.807, 2.05) is 6.92 Å². The lowest BCUT2D eigenvalue weighted by Gasteiger charge is -2.24. The molecule has 160 valence electrons. The molecule has 1 aliphatic rings.